The number of benzene rings is 1. The van der Waals surface area contributed by atoms with E-state index in [2.05, 4.69) is 0 Å². The molecule has 0 aliphatic heterocycles. The molecule has 1 atom stereocenters. The summed E-state index contributed by atoms with van der Waals surface area (Å²) in [5, 5.41) is 0.214. The average molecular weight is 282 g/mol. The van der Waals surface area contributed by atoms with E-state index in [1.54, 1.807) is 25.1 Å². The van der Waals surface area contributed by atoms with Gasteiger partial charge in [0.1, 0.15) is 0 Å². The first-order valence-corrected chi connectivity index (χ1v) is 7.19. The number of rotatable bonds is 4. The SMILES string of the molecule is CC(CN)S(=O)(=O)Cc1ccc(Cl)c(Cl)c1. The molecule has 0 aromatic heterocycles. The third-order valence-electron chi connectivity index (χ3n) is 2.30. The maximum absolute atomic E-state index is 11.8. The van der Waals surface area contributed by atoms with Gasteiger partial charge in [-0.15, -0.1) is 0 Å². The molecule has 0 aliphatic carbocycles. The van der Waals surface area contributed by atoms with Crippen molar-refractivity contribution in [1.29, 1.82) is 0 Å². The van der Waals surface area contributed by atoms with E-state index in [4.69, 9.17) is 28.9 Å². The number of hydrogen-bond donors (Lipinski definition) is 1. The molecule has 3 nitrogen and oxygen atoms in total. The van der Waals surface area contributed by atoms with Crippen molar-refractivity contribution in [3.05, 3.63) is 33.8 Å². The minimum absolute atomic E-state index is 0.0672. The fraction of sp³-hybridized carbons (Fsp3) is 0.400. The van der Waals surface area contributed by atoms with Gasteiger partial charge in [0.25, 0.3) is 0 Å². The van der Waals surface area contributed by atoms with Crippen LogP contribution in [-0.2, 0) is 15.6 Å². The van der Waals surface area contributed by atoms with Crippen LogP contribution in [0.1, 0.15) is 12.5 Å². The number of halogens is 2. The largest absolute Gasteiger partial charge is 0.329 e. The van der Waals surface area contributed by atoms with E-state index >= 15 is 0 Å². The summed E-state index contributed by atoms with van der Waals surface area (Å²) < 4.78 is 23.5. The van der Waals surface area contributed by atoms with Gasteiger partial charge in [0.2, 0.25) is 0 Å². The third-order valence-corrected chi connectivity index (χ3v) is 5.19. The molecule has 0 radical (unpaired) electrons. The summed E-state index contributed by atoms with van der Waals surface area (Å²) in [4.78, 5) is 0. The fourth-order valence-electron chi connectivity index (χ4n) is 1.15. The first-order valence-electron chi connectivity index (χ1n) is 4.72. The highest BCUT2D eigenvalue weighted by atomic mass is 35.5. The van der Waals surface area contributed by atoms with E-state index in [0.717, 1.165) is 0 Å². The van der Waals surface area contributed by atoms with Gasteiger partial charge in [-0.05, 0) is 24.6 Å². The predicted octanol–water partition coefficient (Wildman–Crippen LogP) is 2.26. The molecule has 0 amide bonds. The first kappa shape index (κ1) is 13.8. The van der Waals surface area contributed by atoms with Gasteiger partial charge in [0, 0.05) is 6.54 Å². The zero-order valence-electron chi connectivity index (χ0n) is 8.78. The second-order valence-electron chi connectivity index (χ2n) is 3.60. The van der Waals surface area contributed by atoms with Gasteiger partial charge in [-0.2, -0.15) is 0 Å². The van der Waals surface area contributed by atoms with Crippen LogP contribution in [0, 0.1) is 0 Å². The van der Waals surface area contributed by atoms with Crippen LogP contribution in [-0.4, -0.2) is 20.2 Å². The van der Waals surface area contributed by atoms with E-state index in [1.165, 1.54) is 0 Å². The molecule has 0 spiro atoms. The van der Waals surface area contributed by atoms with Crippen LogP contribution >= 0.6 is 23.2 Å². The molecule has 6 heteroatoms. The van der Waals surface area contributed by atoms with Crippen molar-refractivity contribution in [3.63, 3.8) is 0 Å². The van der Waals surface area contributed by atoms with Gasteiger partial charge in [-0.1, -0.05) is 29.3 Å². The highest BCUT2D eigenvalue weighted by Gasteiger charge is 2.20. The second-order valence-corrected chi connectivity index (χ2v) is 6.84. The zero-order chi connectivity index (χ0) is 12.3. The molecule has 90 valence electrons. The quantitative estimate of drug-likeness (QED) is 0.921. The van der Waals surface area contributed by atoms with Crippen molar-refractivity contribution in [2.45, 2.75) is 17.9 Å². The standard InChI is InChI=1S/C10H13Cl2NO2S/c1-7(5-13)16(14,15)6-8-2-3-9(11)10(12)4-8/h2-4,7H,5-6,13H2,1H3. The second kappa shape index (κ2) is 5.36. The fourth-order valence-corrected chi connectivity index (χ4v) is 2.69. The Bertz CT molecular complexity index is 474. The molecule has 1 aromatic carbocycles. The van der Waals surface area contributed by atoms with E-state index in [-0.39, 0.29) is 12.3 Å². The van der Waals surface area contributed by atoms with Crippen LogP contribution in [0.3, 0.4) is 0 Å². The van der Waals surface area contributed by atoms with E-state index < -0.39 is 15.1 Å². The number of hydrogen-bond acceptors (Lipinski definition) is 3. The molecule has 0 saturated heterocycles. The topological polar surface area (TPSA) is 60.2 Å². The Morgan fingerprint density at radius 3 is 2.44 bits per heavy atom. The van der Waals surface area contributed by atoms with Crippen LogP contribution in [0.15, 0.2) is 18.2 Å². The Morgan fingerprint density at radius 2 is 1.94 bits per heavy atom. The highest BCUT2D eigenvalue weighted by molar-refractivity contribution is 7.91. The zero-order valence-corrected chi connectivity index (χ0v) is 11.1. The summed E-state index contributed by atoms with van der Waals surface area (Å²) in [5.41, 5.74) is 5.96. The maximum atomic E-state index is 11.8. The lowest BCUT2D eigenvalue weighted by Gasteiger charge is -2.10. The summed E-state index contributed by atoms with van der Waals surface area (Å²) in [5.74, 6) is -0.0672. The van der Waals surface area contributed by atoms with Gasteiger partial charge in [-0.3, -0.25) is 0 Å². The Labute approximate surface area is 105 Å². The molecule has 0 aliphatic rings. The molecule has 1 unspecified atom stereocenters. The summed E-state index contributed by atoms with van der Waals surface area (Å²) >= 11 is 11.5. The first-order chi connectivity index (χ1) is 7.36. The summed E-state index contributed by atoms with van der Waals surface area (Å²) in [6, 6.07) is 4.79. The molecule has 1 aromatic rings. The van der Waals surface area contributed by atoms with Gasteiger partial charge in [-0.25, -0.2) is 8.42 Å². The molecular formula is C10H13Cl2NO2S. The third kappa shape index (κ3) is 3.35. The highest BCUT2D eigenvalue weighted by Crippen LogP contribution is 2.24. The lowest BCUT2D eigenvalue weighted by Crippen LogP contribution is -2.27. The van der Waals surface area contributed by atoms with E-state index in [0.29, 0.717) is 15.6 Å². The molecule has 0 fully saturated rings. The molecule has 0 saturated carbocycles. The van der Waals surface area contributed by atoms with E-state index in [9.17, 15) is 8.42 Å². The Balaban J connectivity index is 2.93. The molecule has 0 bridgehead atoms. The minimum Gasteiger partial charge on any atom is -0.329 e. The lowest BCUT2D eigenvalue weighted by atomic mass is 10.2. The summed E-state index contributed by atoms with van der Waals surface area (Å²) in [6.45, 7) is 1.70. The summed E-state index contributed by atoms with van der Waals surface area (Å²) in [6.07, 6.45) is 0. The van der Waals surface area contributed by atoms with Crippen molar-refractivity contribution >= 4 is 33.0 Å². The number of nitrogens with two attached hydrogens (primary N) is 1. The smallest absolute Gasteiger partial charge is 0.158 e. The van der Waals surface area contributed by atoms with Gasteiger partial charge >= 0.3 is 0 Å². The van der Waals surface area contributed by atoms with Crippen molar-refractivity contribution in [2.24, 2.45) is 5.73 Å². The Morgan fingerprint density at radius 1 is 1.31 bits per heavy atom. The van der Waals surface area contributed by atoms with Crippen molar-refractivity contribution in [2.75, 3.05) is 6.54 Å². The van der Waals surface area contributed by atoms with Gasteiger partial charge < -0.3 is 5.73 Å². The van der Waals surface area contributed by atoms with Crippen LogP contribution in [0.5, 0.6) is 0 Å². The maximum Gasteiger partial charge on any atom is 0.158 e. The Hall–Kier alpha value is -0.290. The molecule has 2 N–H and O–H groups in total. The van der Waals surface area contributed by atoms with Crippen molar-refractivity contribution in [1.82, 2.24) is 0 Å². The Kier molecular flexibility index (Phi) is 4.62. The molecule has 1 rings (SSSR count). The lowest BCUT2D eigenvalue weighted by molar-refractivity contribution is 0.583. The predicted molar refractivity (Wildman–Crippen MR) is 67.6 cm³/mol. The van der Waals surface area contributed by atoms with Gasteiger partial charge in [0.05, 0.1) is 21.0 Å². The van der Waals surface area contributed by atoms with Crippen molar-refractivity contribution < 1.29 is 8.42 Å². The van der Waals surface area contributed by atoms with Crippen LogP contribution in [0.4, 0.5) is 0 Å². The normalized spacial score (nSPS) is 13.8. The van der Waals surface area contributed by atoms with Gasteiger partial charge in [0.15, 0.2) is 9.84 Å². The average Bonchev–Trinajstić information content (AvgIpc) is 2.22. The number of sulfone groups is 1. The molecule has 16 heavy (non-hydrogen) atoms. The van der Waals surface area contributed by atoms with Crippen LogP contribution in [0.2, 0.25) is 10.0 Å². The summed E-state index contributed by atoms with van der Waals surface area (Å²) in [7, 11) is -3.22. The molecule has 0 heterocycles. The monoisotopic (exact) mass is 281 g/mol. The minimum atomic E-state index is -3.22. The van der Waals surface area contributed by atoms with Crippen LogP contribution in [0.25, 0.3) is 0 Å². The van der Waals surface area contributed by atoms with E-state index in [1.807, 2.05) is 0 Å². The van der Waals surface area contributed by atoms with Crippen LogP contribution < -0.4 is 5.73 Å². The molecular weight excluding hydrogens is 269 g/mol. The van der Waals surface area contributed by atoms with Crippen molar-refractivity contribution in [3.8, 4) is 0 Å².